The summed E-state index contributed by atoms with van der Waals surface area (Å²) in [5.41, 5.74) is 1.97. The first-order valence-electron chi connectivity index (χ1n) is 8.38. The van der Waals surface area contributed by atoms with Crippen LogP contribution in [0.2, 0.25) is 0 Å². The second-order valence-corrected chi connectivity index (χ2v) is 5.89. The van der Waals surface area contributed by atoms with Gasteiger partial charge >= 0.3 is 0 Å². The third kappa shape index (κ3) is 4.35. The number of aromatic nitrogens is 3. The molecule has 0 radical (unpaired) electrons. The molecular formula is C19H22N4O2. The molecule has 1 N–H and O–H groups in total. The number of benzene rings is 1. The van der Waals surface area contributed by atoms with E-state index in [4.69, 9.17) is 9.26 Å². The lowest BCUT2D eigenvalue weighted by atomic mass is 10.2. The van der Waals surface area contributed by atoms with Crippen LogP contribution in [0.5, 0.6) is 5.75 Å². The van der Waals surface area contributed by atoms with Gasteiger partial charge in [-0.1, -0.05) is 24.2 Å². The Hall–Kier alpha value is -2.89. The molecule has 0 saturated heterocycles. The van der Waals surface area contributed by atoms with Gasteiger partial charge in [0.2, 0.25) is 0 Å². The van der Waals surface area contributed by atoms with Crippen molar-refractivity contribution >= 4 is 5.82 Å². The molecule has 130 valence electrons. The Labute approximate surface area is 147 Å². The van der Waals surface area contributed by atoms with Crippen LogP contribution in [0.1, 0.15) is 24.7 Å². The lowest BCUT2D eigenvalue weighted by molar-refractivity contribution is 0.210. The summed E-state index contributed by atoms with van der Waals surface area (Å²) in [5.74, 6) is 2.64. The Morgan fingerprint density at radius 1 is 1.20 bits per heavy atom. The molecule has 0 aliphatic heterocycles. The molecule has 1 unspecified atom stereocenters. The molecule has 0 aliphatic carbocycles. The van der Waals surface area contributed by atoms with Gasteiger partial charge in [-0.25, -0.2) is 4.98 Å². The van der Waals surface area contributed by atoms with Crippen molar-refractivity contribution in [2.45, 2.75) is 33.3 Å². The number of aryl methyl sites for hydroxylation is 2. The molecule has 0 fully saturated rings. The molecule has 3 rings (SSSR count). The first-order chi connectivity index (χ1) is 12.2. The first-order valence-corrected chi connectivity index (χ1v) is 8.38. The number of hydrogen-bond acceptors (Lipinski definition) is 6. The highest BCUT2D eigenvalue weighted by Gasteiger charge is 2.14. The summed E-state index contributed by atoms with van der Waals surface area (Å²) >= 11 is 0. The van der Waals surface area contributed by atoms with Crippen LogP contribution in [-0.2, 0) is 0 Å². The lowest BCUT2D eigenvalue weighted by Gasteiger charge is -2.19. The molecule has 6 heteroatoms. The van der Waals surface area contributed by atoms with E-state index in [1.54, 1.807) is 13.1 Å². The fourth-order valence-corrected chi connectivity index (χ4v) is 2.49. The van der Waals surface area contributed by atoms with Crippen LogP contribution >= 0.6 is 0 Å². The van der Waals surface area contributed by atoms with Gasteiger partial charge in [-0.05, 0) is 50.1 Å². The van der Waals surface area contributed by atoms with Crippen molar-refractivity contribution < 1.29 is 9.26 Å². The predicted molar refractivity (Wildman–Crippen MR) is 96.6 cm³/mol. The molecule has 2 heterocycles. The molecule has 0 amide bonds. The Kier molecular flexibility index (Phi) is 5.28. The van der Waals surface area contributed by atoms with Crippen molar-refractivity contribution in [3.8, 4) is 17.2 Å². The van der Waals surface area contributed by atoms with Crippen LogP contribution in [0.3, 0.4) is 0 Å². The zero-order valence-electron chi connectivity index (χ0n) is 14.7. The maximum Gasteiger partial charge on any atom is 0.261 e. The smallest absolute Gasteiger partial charge is 0.261 e. The van der Waals surface area contributed by atoms with Gasteiger partial charge in [0.1, 0.15) is 17.7 Å². The highest BCUT2D eigenvalue weighted by Crippen LogP contribution is 2.24. The predicted octanol–water partition coefficient (Wildman–Crippen LogP) is 4.02. The van der Waals surface area contributed by atoms with Gasteiger partial charge in [0.15, 0.2) is 5.82 Å². The zero-order valence-corrected chi connectivity index (χ0v) is 14.7. The molecular weight excluding hydrogens is 316 g/mol. The molecule has 2 aromatic heterocycles. The summed E-state index contributed by atoms with van der Waals surface area (Å²) in [4.78, 5) is 8.67. The van der Waals surface area contributed by atoms with E-state index in [0.29, 0.717) is 24.1 Å². The monoisotopic (exact) mass is 338 g/mol. The highest BCUT2D eigenvalue weighted by molar-refractivity contribution is 5.68. The highest BCUT2D eigenvalue weighted by atomic mass is 16.5. The van der Waals surface area contributed by atoms with Crippen LogP contribution in [0, 0.1) is 13.8 Å². The second-order valence-electron chi connectivity index (χ2n) is 5.89. The van der Waals surface area contributed by atoms with Crippen LogP contribution < -0.4 is 10.1 Å². The minimum absolute atomic E-state index is 0.0288. The SMILES string of the molecule is CCC(CNc1ncccc1-c1nc(C)no1)Oc1cccc(C)c1. The molecule has 1 atom stereocenters. The summed E-state index contributed by atoms with van der Waals surface area (Å²) in [5, 5.41) is 7.19. The number of ether oxygens (including phenoxy) is 1. The minimum Gasteiger partial charge on any atom is -0.489 e. The molecule has 6 nitrogen and oxygen atoms in total. The average Bonchev–Trinajstić information content (AvgIpc) is 3.05. The fourth-order valence-electron chi connectivity index (χ4n) is 2.49. The van der Waals surface area contributed by atoms with Gasteiger partial charge in [-0.2, -0.15) is 4.98 Å². The van der Waals surface area contributed by atoms with Gasteiger partial charge < -0.3 is 14.6 Å². The van der Waals surface area contributed by atoms with E-state index in [2.05, 4.69) is 40.4 Å². The fraction of sp³-hybridized carbons (Fsp3) is 0.316. The molecule has 0 aliphatic rings. The maximum absolute atomic E-state index is 6.07. The van der Waals surface area contributed by atoms with Crippen molar-refractivity contribution in [2.75, 3.05) is 11.9 Å². The van der Waals surface area contributed by atoms with E-state index >= 15 is 0 Å². The van der Waals surface area contributed by atoms with Crippen molar-refractivity contribution in [1.82, 2.24) is 15.1 Å². The summed E-state index contributed by atoms with van der Waals surface area (Å²) < 4.78 is 11.3. The molecule has 0 spiro atoms. The molecule has 3 aromatic rings. The number of nitrogens with one attached hydrogen (secondary N) is 1. The summed E-state index contributed by atoms with van der Waals surface area (Å²) in [7, 11) is 0. The number of nitrogens with zero attached hydrogens (tertiary/aromatic N) is 3. The molecule has 25 heavy (non-hydrogen) atoms. The van der Waals surface area contributed by atoms with E-state index in [1.165, 1.54) is 5.56 Å². The Balaban J connectivity index is 1.70. The summed E-state index contributed by atoms with van der Waals surface area (Å²) in [6.07, 6.45) is 2.64. The van der Waals surface area contributed by atoms with Gasteiger partial charge in [-0.3, -0.25) is 0 Å². The Bertz CT molecular complexity index is 832. The van der Waals surface area contributed by atoms with E-state index in [9.17, 15) is 0 Å². The Morgan fingerprint density at radius 2 is 2.08 bits per heavy atom. The molecule has 0 bridgehead atoms. The largest absolute Gasteiger partial charge is 0.489 e. The quantitative estimate of drug-likeness (QED) is 0.701. The zero-order chi connectivity index (χ0) is 17.6. The molecule has 0 saturated carbocycles. The topological polar surface area (TPSA) is 73.1 Å². The van der Waals surface area contributed by atoms with Crippen molar-refractivity contribution in [1.29, 1.82) is 0 Å². The van der Waals surface area contributed by atoms with Gasteiger partial charge in [-0.15, -0.1) is 0 Å². The van der Waals surface area contributed by atoms with Crippen molar-refractivity contribution in [3.63, 3.8) is 0 Å². The van der Waals surface area contributed by atoms with E-state index in [-0.39, 0.29) is 6.10 Å². The van der Waals surface area contributed by atoms with E-state index in [1.807, 2.05) is 30.3 Å². The van der Waals surface area contributed by atoms with Crippen LogP contribution in [-0.4, -0.2) is 27.8 Å². The third-order valence-electron chi connectivity index (χ3n) is 3.81. The van der Waals surface area contributed by atoms with Gasteiger partial charge in [0.25, 0.3) is 5.89 Å². The van der Waals surface area contributed by atoms with E-state index in [0.717, 1.165) is 17.7 Å². The Morgan fingerprint density at radius 3 is 2.80 bits per heavy atom. The number of rotatable bonds is 7. The van der Waals surface area contributed by atoms with Gasteiger partial charge in [0.05, 0.1) is 12.1 Å². The first kappa shape index (κ1) is 17.0. The molecule has 1 aromatic carbocycles. The second kappa shape index (κ2) is 7.79. The van der Waals surface area contributed by atoms with E-state index < -0.39 is 0 Å². The lowest BCUT2D eigenvalue weighted by Crippen LogP contribution is -2.26. The summed E-state index contributed by atoms with van der Waals surface area (Å²) in [6, 6.07) is 11.8. The minimum atomic E-state index is 0.0288. The standard InChI is InChI=1S/C19H22N4O2/c1-4-15(24-16-8-5-7-13(2)11-16)12-21-18-17(9-6-10-20-18)19-22-14(3)23-25-19/h5-11,15H,4,12H2,1-3H3,(H,20,21). The normalized spacial score (nSPS) is 12.0. The van der Waals surface area contributed by atoms with Crippen molar-refractivity contribution in [3.05, 3.63) is 54.0 Å². The van der Waals surface area contributed by atoms with Crippen LogP contribution in [0.4, 0.5) is 5.82 Å². The van der Waals surface area contributed by atoms with Gasteiger partial charge in [0, 0.05) is 6.20 Å². The maximum atomic E-state index is 6.07. The number of pyridine rings is 1. The average molecular weight is 338 g/mol. The number of anilines is 1. The van der Waals surface area contributed by atoms with Crippen LogP contribution in [0.25, 0.3) is 11.5 Å². The van der Waals surface area contributed by atoms with Crippen LogP contribution in [0.15, 0.2) is 47.1 Å². The number of hydrogen-bond donors (Lipinski definition) is 1. The third-order valence-corrected chi connectivity index (χ3v) is 3.81. The summed E-state index contributed by atoms with van der Waals surface area (Å²) in [6.45, 7) is 6.57. The van der Waals surface area contributed by atoms with Crippen molar-refractivity contribution in [2.24, 2.45) is 0 Å².